The third-order valence-corrected chi connectivity index (χ3v) is 3.99. The predicted molar refractivity (Wildman–Crippen MR) is 91.4 cm³/mol. The van der Waals surface area contributed by atoms with Crippen molar-refractivity contribution < 1.29 is 9.13 Å². The monoisotopic (exact) mass is 360 g/mol. The van der Waals surface area contributed by atoms with Gasteiger partial charge in [0.15, 0.2) is 0 Å². The number of aromatic nitrogens is 4. The normalized spacial score (nSPS) is 17.6. The molecule has 2 aromatic heterocycles. The van der Waals surface area contributed by atoms with Gasteiger partial charge in [0, 0.05) is 30.6 Å². The third kappa shape index (κ3) is 3.51. The molecule has 1 atom stereocenters. The van der Waals surface area contributed by atoms with E-state index in [9.17, 15) is 4.39 Å². The zero-order chi connectivity index (χ0) is 17.2. The summed E-state index contributed by atoms with van der Waals surface area (Å²) in [7, 11) is 0. The summed E-state index contributed by atoms with van der Waals surface area (Å²) in [5.41, 5.74) is 1.18. The number of anilines is 2. The van der Waals surface area contributed by atoms with Crippen LogP contribution in [-0.4, -0.2) is 39.6 Å². The highest BCUT2D eigenvalue weighted by molar-refractivity contribution is 6.28. The van der Waals surface area contributed by atoms with E-state index in [1.54, 1.807) is 12.1 Å². The molecule has 0 aliphatic carbocycles. The maximum Gasteiger partial charge on any atom is 0.224 e. The molecule has 7 nitrogen and oxygen atoms in total. The van der Waals surface area contributed by atoms with E-state index in [2.05, 4.69) is 30.6 Å². The number of morpholine rings is 1. The molecule has 0 radical (unpaired) electrons. The zero-order valence-electron chi connectivity index (χ0n) is 13.0. The van der Waals surface area contributed by atoms with Crippen LogP contribution in [-0.2, 0) is 4.74 Å². The lowest BCUT2D eigenvalue weighted by Gasteiger charge is -2.23. The van der Waals surface area contributed by atoms with E-state index in [1.165, 1.54) is 18.5 Å². The summed E-state index contributed by atoms with van der Waals surface area (Å²) < 4.78 is 19.1. The molecule has 3 heterocycles. The van der Waals surface area contributed by atoms with E-state index in [4.69, 9.17) is 16.3 Å². The number of nitrogens with one attached hydrogen (secondary N) is 2. The van der Waals surface area contributed by atoms with Crippen molar-refractivity contribution in [3.63, 3.8) is 0 Å². The van der Waals surface area contributed by atoms with Gasteiger partial charge in [0.2, 0.25) is 5.28 Å². The van der Waals surface area contributed by atoms with Crippen molar-refractivity contribution in [3.05, 3.63) is 47.4 Å². The zero-order valence-corrected chi connectivity index (χ0v) is 13.8. The second-order valence-corrected chi connectivity index (χ2v) is 5.86. The number of benzene rings is 1. The van der Waals surface area contributed by atoms with Crippen molar-refractivity contribution in [2.24, 2.45) is 0 Å². The maximum atomic E-state index is 13.4. The number of hydrogen-bond donors (Lipinski definition) is 2. The van der Waals surface area contributed by atoms with E-state index < -0.39 is 0 Å². The SMILES string of the molecule is Fc1ccc2c(Nc3cc(C4CNCCO4)nc(Cl)n3)ncnc2c1. The average Bonchev–Trinajstić information content (AvgIpc) is 2.62. The van der Waals surface area contributed by atoms with E-state index in [0.29, 0.717) is 41.4 Å². The summed E-state index contributed by atoms with van der Waals surface area (Å²) in [6.07, 6.45) is 1.17. The van der Waals surface area contributed by atoms with Crippen molar-refractivity contribution in [2.75, 3.05) is 25.0 Å². The molecule has 25 heavy (non-hydrogen) atoms. The summed E-state index contributed by atoms with van der Waals surface area (Å²) in [6.45, 7) is 2.07. The van der Waals surface area contributed by atoms with Crippen LogP contribution in [0.2, 0.25) is 5.28 Å². The Bertz CT molecular complexity index is 918. The molecule has 0 spiro atoms. The van der Waals surface area contributed by atoms with Crippen LogP contribution in [0, 0.1) is 5.82 Å². The van der Waals surface area contributed by atoms with Gasteiger partial charge >= 0.3 is 0 Å². The van der Waals surface area contributed by atoms with Gasteiger partial charge in [-0.2, -0.15) is 0 Å². The Hall–Kier alpha value is -2.42. The molecule has 0 bridgehead atoms. The second kappa shape index (κ2) is 6.83. The lowest BCUT2D eigenvalue weighted by atomic mass is 10.2. The first kappa shape index (κ1) is 16.1. The first-order valence-corrected chi connectivity index (χ1v) is 8.11. The lowest BCUT2D eigenvalue weighted by molar-refractivity contribution is 0.0250. The van der Waals surface area contributed by atoms with Gasteiger partial charge in [0.25, 0.3) is 0 Å². The number of fused-ring (bicyclic) bond motifs is 1. The number of rotatable bonds is 3. The quantitative estimate of drug-likeness (QED) is 0.694. The summed E-state index contributed by atoms with van der Waals surface area (Å²) >= 11 is 6.05. The summed E-state index contributed by atoms with van der Waals surface area (Å²) in [5.74, 6) is 0.633. The highest BCUT2D eigenvalue weighted by atomic mass is 35.5. The summed E-state index contributed by atoms with van der Waals surface area (Å²) in [4.78, 5) is 16.7. The number of nitrogens with zero attached hydrogens (tertiary/aromatic N) is 4. The highest BCUT2D eigenvalue weighted by Crippen LogP contribution is 2.25. The van der Waals surface area contributed by atoms with Crippen LogP contribution in [0.15, 0.2) is 30.6 Å². The molecule has 1 saturated heterocycles. The molecule has 1 aliphatic heterocycles. The minimum absolute atomic E-state index is 0.110. The van der Waals surface area contributed by atoms with Crippen LogP contribution < -0.4 is 10.6 Å². The number of hydrogen-bond acceptors (Lipinski definition) is 7. The number of halogens is 2. The Morgan fingerprint density at radius 1 is 1.24 bits per heavy atom. The van der Waals surface area contributed by atoms with Crippen molar-refractivity contribution in [3.8, 4) is 0 Å². The van der Waals surface area contributed by atoms with Gasteiger partial charge in [-0.25, -0.2) is 24.3 Å². The van der Waals surface area contributed by atoms with Gasteiger partial charge in [-0.3, -0.25) is 0 Å². The van der Waals surface area contributed by atoms with Crippen LogP contribution in [0.4, 0.5) is 16.0 Å². The summed E-state index contributed by atoms with van der Waals surface area (Å²) in [5, 5.41) is 7.13. The van der Waals surface area contributed by atoms with E-state index in [-0.39, 0.29) is 17.2 Å². The second-order valence-electron chi connectivity index (χ2n) is 5.52. The first-order chi connectivity index (χ1) is 12.2. The van der Waals surface area contributed by atoms with Crippen LogP contribution in [0.5, 0.6) is 0 Å². The van der Waals surface area contributed by atoms with Crippen molar-refractivity contribution >= 4 is 34.1 Å². The van der Waals surface area contributed by atoms with E-state index in [1.807, 2.05) is 0 Å². The molecule has 2 N–H and O–H groups in total. The Kier molecular flexibility index (Phi) is 4.39. The fraction of sp³-hybridized carbons (Fsp3) is 0.250. The Morgan fingerprint density at radius 3 is 3.00 bits per heavy atom. The first-order valence-electron chi connectivity index (χ1n) is 7.73. The molecular weight excluding hydrogens is 347 g/mol. The molecule has 1 fully saturated rings. The van der Waals surface area contributed by atoms with Crippen molar-refractivity contribution in [2.45, 2.75) is 6.10 Å². The minimum Gasteiger partial charge on any atom is -0.369 e. The lowest BCUT2D eigenvalue weighted by Crippen LogP contribution is -2.33. The maximum absolute atomic E-state index is 13.4. The van der Waals surface area contributed by atoms with Gasteiger partial charge in [0.05, 0.1) is 17.8 Å². The Morgan fingerprint density at radius 2 is 2.16 bits per heavy atom. The molecule has 4 rings (SSSR count). The van der Waals surface area contributed by atoms with Gasteiger partial charge in [0.1, 0.15) is 29.9 Å². The van der Waals surface area contributed by atoms with Crippen LogP contribution in [0.3, 0.4) is 0 Å². The fourth-order valence-electron chi connectivity index (χ4n) is 2.67. The fourth-order valence-corrected chi connectivity index (χ4v) is 2.86. The largest absolute Gasteiger partial charge is 0.369 e. The predicted octanol–water partition coefficient (Wildman–Crippen LogP) is 2.62. The van der Waals surface area contributed by atoms with Gasteiger partial charge in [-0.15, -0.1) is 0 Å². The van der Waals surface area contributed by atoms with Gasteiger partial charge in [-0.05, 0) is 23.7 Å². The molecule has 3 aromatic rings. The van der Waals surface area contributed by atoms with E-state index in [0.717, 1.165) is 6.54 Å². The average molecular weight is 361 g/mol. The third-order valence-electron chi connectivity index (χ3n) is 3.82. The molecule has 9 heteroatoms. The molecule has 1 aromatic carbocycles. The van der Waals surface area contributed by atoms with Crippen molar-refractivity contribution in [1.29, 1.82) is 0 Å². The smallest absolute Gasteiger partial charge is 0.224 e. The van der Waals surface area contributed by atoms with Crippen LogP contribution >= 0.6 is 11.6 Å². The van der Waals surface area contributed by atoms with Gasteiger partial charge < -0.3 is 15.4 Å². The van der Waals surface area contributed by atoms with Crippen molar-refractivity contribution in [1.82, 2.24) is 25.3 Å². The van der Waals surface area contributed by atoms with Gasteiger partial charge in [-0.1, -0.05) is 0 Å². The Balaban J connectivity index is 1.68. The molecular formula is C16H14ClFN6O. The van der Waals surface area contributed by atoms with Crippen LogP contribution in [0.1, 0.15) is 11.8 Å². The highest BCUT2D eigenvalue weighted by Gasteiger charge is 2.19. The minimum atomic E-state index is -0.355. The standard InChI is InChI=1S/C16H14ClFN6O/c17-16-22-12(13-7-19-3-4-25-13)6-14(24-16)23-15-10-2-1-9(18)5-11(10)20-8-21-15/h1-2,5-6,8,13,19H,3-4,7H2,(H,20,21,22,23,24). The topological polar surface area (TPSA) is 84.9 Å². The Labute approximate surface area is 147 Å². The number of ether oxygens (including phenoxy) is 1. The molecule has 1 aliphatic rings. The molecule has 0 amide bonds. The molecule has 1 unspecified atom stereocenters. The summed E-state index contributed by atoms with van der Waals surface area (Å²) in [6, 6.07) is 6.09. The van der Waals surface area contributed by atoms with E-state index >= 15 is 0 Å². The molecule has 128 valence electrons. The molecule has 0 saturated carbocycles. The van der Waals surface area contributed by atoms with Crippen LogP contribution in [0.25, 0.3) is 10.9 Å².